The SMILES string of the molecule is C=CCc1cc(C=Nn2c(C3CCCCC3)nc3ccccc3c2=O)cc(OC)c1O[C@@H](C)C(=O)OCC. The molecular weight excluding hydrogens is 482 g/mol. The van der Waals surface area contributed by atoms with Gasteiger partial charge in [0.1, 0.15) is 5.82 Å². The number of benzene rings is 2. The third-order valence-corrected chi connectivity index (χ3v) is 6.72. The lowest BCUT2D eigenvalue weighted by Crippen LogP contribution is -2.26. The third kappa shape index (κ3) is 5.96. The van der Waals surface area contributed by atoms with E-state index in [1.807, 2.05) is 24.3 Å². The number of para-hydroxylation sites is 1. The largest absolute Gasteiger partial charge is 0.493 e. The van der Waals surface area contributed by atoms with Gasteiger partial charge in [-0.05, 0) is 62.9 Å². The van der Waals surface area contributed by atoms with Gasteiger partial charge in [0.05, 0.1) is 30.8 Å². The van der Waals surface area contributed by atoms with Crippen LogP contribution in [0, 0.1) is 0 Å². The van der Waals surface area contributed by atoms with E-state index in [4.69, 9.17) is 19.2 Å². The first-order chi connectivity index (χ1) is 18.5. The molecule has 0 amide bonds. The number of allylic oxidation sites excluding steroid dienone is 1. The van der Waals surface area contributed by atoms with Crippen LogP contribution in [0.5, 0.6) is 11.5 Å². The Morgan fingerprint density at radius 2 is 2.00 bits per heavy atom. The predicted molar refractivity (Wildman–Crippen MR) is 148 cm³/mol. The predicted octanol–water partition coefficient (Wildman–Crippen LogP) is 5.39. The van der Waals surface area contributed by atoms with E-state index in [2.05, 4.69) is 11.7 Å². The van der Waals surface area contributed by atoms with Crippen molar-refractivity contribution in [2.24, 2.45) is 5.10 Å². The van der Waals surface area contributed by atoms with E-state index < -0.39 is 12.1 Å². The zero-order valence-electron chi connectivity index (χ0n) is 22.3. The summed E-state index contributed by atoms with van der Waals surface area (Å²) >= 11 is 0. The van der Waals surface area contributed by atoms with E-state index >= 15 is 0 Å². The minimum absolute atomic E-state index is 0.184. The lowest BCUT2D eigenvalue weighted by molar-refractivity contribution is -0.150. The fraction of sp³-hybridized carbons (Fsp3) is 0.400. The number of fused-ring (bicyclic) bond motifs is 1. The summed E-state index contributed by atoms with van der Waals surface area (Å²) in [4.78, 5) is 30.5. The van der Waals surface area contributed by atoms with Gasteiger partial charge in [0.2, 0.25) is 0 Å². The van der Waals surface area contributed by atoms with Gasteiger partial charge in [-0.1, -0.05) is 37.5 Å². The Labute approximate surface area is 222 Å². The van der Waals surface area contributed by atoms with E-state index in [1.165, 1.54) is 18.2 Å². The average molecular weight is 518 g/mol. The van der Waals surface area contributed by atoms with Crippen molar-refractivity contribution in [2.45, 2.75) is 64.4 Å². The van der Waals surface area contributed by atoms with E-state index in [9.17, 15) is 9.59 Å². The average Bonchev–Trinajstić information content (AvgIpc) is 2.94. The van der Waals surface area contributed by atoms with Gasteiger partial charge < -0.3 is 14.2 Å². The molecule has 0 saturated heterocycles. The molecule has 1 heterocycles. The number of nitrogens with zero attached hydrogens (tertiary/aromatic N) is 3. The monoisotopic (exact) mass is 517 g/mol. The van der Waals surface area contributed by atoms with Crippen molar-refractivity contribution in [1.29, 1.82) is 0 Å². The van der Waals surface area contributed by atoms with Gasteiger partial charge >= 0.3 is 5.97 Å². The summed E-state index contributed by atoms with van der Waals surface area (Å²) in [6.07, 6.45) is 8.46. The summed E-state index contributed by atoms with van der Waals surface area (Å²) in [5.74, 6) is 1.31. The molecule has 8 nitrogen and oxygen atoms in total. The van der Waals surface area contributed by atoms with Gasteiger partial charge in [-0.2, -0.15) is 9.78 Å². The van der Waals surface area contributed by atoms with Crippen molar-refractivity contribution in [3.05, 3.63) is 76.4 Å². The van der Waals surface area contributed by atoms with Crippen LogP contribution in [0.3, 0.4) is 0 Å². The molecule has 3 aromatic rings. The van der Waals surface area contributed by atoms with Crippen LogP contribution in [0.25, 0.3) is 10.9 Å². The highest BCUT2D eigenvalue weighted by Gasteiger charge is 2.23. The van der Waals surface area contributed by atoms with Gasteiger partial charge in [0.15, 0.2) is 17.6 Å². The van der Waals surface area contributed by atoms with Gasteiger partial charge in [-0.25, -0.2) is 9.78 Å². The standard InChI is InChI=1S/C30H35N3O5/c1-5-12-23-17-21(18-26(36-4)27(23)38-20(3)30(35)37-6-2)19-31-33-28(22-13-8-7-9-14-22)32-25-16-11-10-15-24(25)29(33)34/h5,10-11,15-20,22H,1,6-9,12-14H2,2-4H3/t20-/m0/s1. The van der Waals surface area contributed by atoms with Gasteiger partial charge in [0.25, 0.3) is 5.56 Å². The van der Waals surface area contributed by atoms with Crippen LogP contribution in [-0.2, 0) is 16.0 Å². The highest BCUT2D eigenvalue weighted by Crippen LogP contribution is 2.35. The molecule has 200 valence electrons. The van der Waals surface area contributed by atoms with E-state index in [0.29, 0.717) is 40.2 Å². The molecule has 1 atom stereocenters. The molecule has 0 aliphatic heterocycles. The number of aromatic nitrogens is 2. The molecule has 1 aromatic heterocycles. The lowest BCUT2D eigenvalue weighted by atomic mass is 9.88. The number of esters is 1. The molecule has 0 N–H and O–H groups in total. The van der Waals surface area contributed by atoms with Crippen LogP contribution in [0.1, 0.15) is 68.8 Å². The zero-order valence-corrected chi connectivity index (χ0v) is 22.3. The topological polar surface area (TPSA) is 92.0 Å². The highest BCUT2D eigenvalue weighted by molar-refractivity contribution is 5.82. The molecule has 2 aromatic carbocycles. The summed E-state index contributed by atoms with van der Waals surface area (Å²) in [7, 11) is 1.54. The number of hydrogen-bond donors (Lipinski definition) is 0. The Morgan fingerprint density at radius 1 is 1.24 bits per heavy atom. The molecule has 1 fully saturated rings. The summed E-state index contributed by atoms with van der Waals surface area (Å²) in [5, 5.41) is 5.17. The first kappa shape index (κ1) is 27.1. The maximum absolute atomic E-state index is 13.5. The zero-order chi connectivity index (χ0) is 27.1. The summed E-state index contributed by atoms with van der Waals surface area (Å²) in [5.41, 5.74) is 1.99. The second kappa shape index (κ2) is 12.5. The van der Waals surface area contributed by atoms with Crippen molar-refractivity contribution in [3.8, 4) is 11.5 Å². The number of hydrogen-bond acceptors (Lipinski definition) is 7. The number of carbonyl (C=O) groups excluding carboxylic acids is 1. The minimum Gasteiger partial charge on any atom is -0.493 e. The van der Waals surface area contributed by atoms with Crippen LogP contribution in [0.15, 0.2) is 58.9 Å². The third-order valence-electron chi connectivity index (χ3n) is 6.72. The molecule has 0 unspecified atom stereocenters. The van der Waals surface area contributed by atoms with E-state index in [-0.39, 0.29) is 18.1 Å². The first-order valence-electron chi connectivity index (χ1n) is 13.2. The Morgan fingerprint density at radius 3 is 2.71 bits per heavy atom. The summed E-state index contributed by atoms with van der Waals surface area (Å²) in [6.45, 7) is 7.50. The molecule has 0 spiro atoms. The number of carbonyl (C=O) groups is 1. The van der Waals surface area contributed by atoms with Crippen LogP contribution in [-0.4, -0.2) is 41.7 Å². The molecule has 1 saturated carbocycles. The number of ether oxygens (including phenoxy) is 3. The van der Waals surface area contributed by atoms with Crippen molar-refractivity contribution < 1.29 is 19.0 Å². The minimum atomic E-state index is -0.813. The molecule has 0 bridgehead atoms. The molecule has 4 rings (SSSR count). The molecular formula is C30H35N3O5. The van der Waals surface area contributed by atoms with Gasteiger partial charge in [-0.3, -0.25) is 4.79 Å². The fourth-order valence-corrected chi connectivity index (χ4v) is 4.84. The van der Waals surface area contributed by atoms with Crippen molar-refractivity contribution >= 4 is 23.1 Å². The Bertz CT molecular complexity index is 1390. The van der Waals surface area contributed by atoms with Crippen molar-refractivity contribution in [2.75, 3.05) is 13.7 Å². The highest BCUT2D eigenvalue weighted by atomic mass is 16.6. The summed E-state index contributed by atoms with van der Waals surface area (Å²) in [6, 6.07) is 11.0. The lowest BCUT2D eigenvalue weighted by Gasteiger charge is -2.22. The maximum atomic E-state index is 13.5. The second-order valence-corrected chi connectivity index (χ2v) is 9.40. The van der Waals surface area contributed by atoms with Crippen LogP contribution in [0.4, 0.5) is 0 Å². The Kier molecular flexibility index (Phi) is 8.94. The molecule has 0 radical (unpaired) electrons. The van der Waals surface area contributed by atoms with Crippen LogP contribution < -0.4 is 15.0 Å². The number of rotatable bonds is 10. The molecule has 38 heavy (non-hydrogen) atoms. The van der Waals surface area contributed by atoms with Crippen LogP contribution >= 0.6 is 0 Å². The van der Waals surface area contributed by atoms with Gasteiger partial charge in [-0.15, -0.1) is 6.58 Å². The maximum Gasteiger partial charge on any atom is 0.347 e. The quantitative estimate of drug-likeness (QED) is 0.203. The van der Waals surface area contributed by atoms with Gasteiger partial charge in [0, 0.05) is 11.5 Å². The van der Waals surface area contributed by atoms with E-state index in [0.717, 1.165) is 31.2 Å². The van der Waals surface area contributed by atoms with Crippen molar-refractivity contribution in [3.63, 3.8) is 0 Å². The molecule has 8 heteroatoms. The van der Waals surface area contributed by atoms with E-state index in [1.54, 1.807) is 38.3 Å². The summed E-state index contributed by atoms with van der Waals surface area (Å²) < 4.78 is 18.1. The van der Waals surface area contributed by atoms with Crippen molar-refractivity contribution in [1.82, 2.24) is 9.66 Å². The second-order valence-electron chi connectivity index (χ2n) is 9.40. The first-order valence-corrected chi connectivity index (χ1v) is 13.2. The smallest absolute Gasteiger partial charge is 0.347 e. The normalized spacial score (nSPS) is 14.9. The van der Waals surface area contributed by atoms with Crippen LogP contribution in [0.2, 0.25) is 0 Å². The molecule has 1 aliphatic carbocycles. The molecule has 1 aliphatic rings. The Balaban J connectivity index is 1.76. The fourth-order valence-electron chi connectivity index (χ4n) is 4.84. The number of methoxy groups -OCH3 is 1. The Hall–Kier alpha value is -3.94.